The standard InChI is InChI=1S/C6H10O5/c1-3(8)5(10)6(11)4(9)2-7/h3-4,7-9H,2H2,1H3. The minimum Gasteiger partial charge on any atom is -0.393 e. The van der Waals surface area contributed by atoms with E-state index in [1.807, 2.05) is 0 Å². The third-order valence-electron chi connectivity index (χ3n) is 1.10. The number of ketones is 2. The van der Waals surface area contributed by atoms with Crippen LogP contribution in [0.1, 0.15) is 6.92 Å². The predicted molar refractivity (Wildman–Crippen MR) is 34.8 cm³/mol. The molecule has 0 saturated carbocycles. The van der Waals surface area contributed by atoms with Crippen molar-refractivity contribution in [3.8, 4) is 0 Å². The van der Waals surface area contributed by atoms with E-state index in [1.54, 1.807) is 0 Å². The van der Waals surface area contributed by atoms with Gasteiger partial charge in [0, 0.05) is 0 Å². The van der Waals surface area contributed by atoms with Crippen molar-refractivity contribution >= 4 is 11.6 Å². The molecule has 0 heterocycles. The fourth-order valence-electron chi connectivity index (χ4n) is 0.453. The van der Waals surface area contributed by atoms with Gasteiger partial charge in [0.25, 0.3) is 0 Å². The predicted octanol–water partition coefficient (Wildman–Crippen LogP) is -2.14. The molecule has 5 heteroatoms. The van der Waals surface area contributed by atoms with Crippen molar-refractivity contribution < 1.29 is 24.9 Å². The van der Waals surface area contributed by atoms with Crippen LogP contribution >= 0.6 is 0 Å². The van der Waals surface area contributed by atoms with Gasteiger partial charge >= 0.3 is 0 Å². The van der Waals surface area contributed by atoms with Crippen molar-refractivity contribution in [3.05, 3.63) is 0 Å². The van der Waals surface area contributed by atoms with Gasteiger partial charge in [-0.05, 0) is 6.92 Å². The van der Waals surface area contributed by atoms with E-state index in [0.29, 0.717) is 0 Å². The summed E-state index contributed by atoms with van der Waals surface area (Å²) in [5, 5.41) is 25.4. The molecule has 2 unspecified atom stereocenters. The second-order valence-electron chi connectivity index (χ2n) is 2.10. The third kappa shape index (κ3) is 2.75. The number of carbonyl (C=O) groups is 2. The maximum Gasteiger partial charge on any atom is 0.231 e. The fraction of sp³-hybridized carbons (Fsp3) is 0.667. The lowest BCUT2D eigenvalue weighted by Crippen LogP contribution is -2.36. The molecule has 64 valence electrons. The van der Waals surface area contributed by atoms with E-state index in [-0.39, 0.29) is 0 Å². The van der Waals surface area contributed by atoms with E-state index in [2.05, 4.69) is 0 Å². The van der Waals surface area contributed by atoms with Crippen LogP contribution in [0.25, 0.3) is 0 Å². The van der Waals surface area contributed by atoms with E-state index >= 15 is 0 Å². The van der Waals surface area contributed by atoms with Crippen LogP contribution in [0.2, 0.25) is 0 Å². The number of aliphatic hydroxyl groups is 3. The molecule has 0 aliphatic rings. The summed E-state index contributed by atoms with van der Waals surface area (Å²) in [6, 6.07) is 0. The Morgan fingerprint density at radius 3 is 2.00 bits per heavy atom. The van der Waals surface area contributed by atoms with Crippen LogP contribution in [0.3, 0.4) is 0 Å². The quantitative estimate of drug-likeness (QED) is 0.410. The second kappa shape index (κ2) is 4.17. The van der Waals surface area contributed by atoms with Crippen LogP contribution in [0.15, 0.2) is 0 Å². The molecule has 0 aliphatic heterocycles. The van der Waals surface area contributed by atoms with Gasteiger partial charge in [-0.15, -0.1) is 0 Å². The summed E-state index contributed by atoms with van der Waals surface area (Å²) in [7, 11) is 0. The van der Waals surface area contributed by atoms with Gasteiger partial charge in [-0.2, -0.15) is 0 Å². The van der Waals surface area contributed by atoms with Gasteiger partial charge in [-0.3, -0.25) is 9.59 Å². The minimum atomic E-state index is -1.71. The lowest BCUT2D eigenvalue weighted by atomic mass is 10.1. The molecule has 0 fully saturated rings. The molecule has 5 nitrogen and oxygen atoms in total. The van der Waals surface area contributed by atoms with Gasteiger partial charge in [0.1, 0.15) is 12.2 Å². The Hall–Kier alpha value is -0.780. The summed E-state index contributed by atoms with van der Waals surface area (Å²) >= 11 is 0. The second-order valence-corrected chi connectivity index (χ2v) is 2.10. The average Bonchev–Trinajstić information content (AvgIpc) is 2.00. The first-order chi connectivity index (χ1) is 5.00. The Morgan fingerprint density at radius 2 is 1.73 bits per heavy atom. The van der Waals surface area contributed by atoms with Crippen molar-refractivity contribution in [2.45, 2.75) is 19.1 Å². The highest BCUT2D eigenvalue weighted by Gasteiger charge is 2.25. The highest BCUT2D eigenvalue weighted by Crippen LogP contribution is 1.91. The zero-order chi connectivity index (χ0) is 9.02. The van der Waals surface area contributed by atoms with Crippen molar-refractivity contribution in [2.24, 2.45) is 0 Å². The summed E-state index contributed by atoms with van der Waals surface area (Å²) in [6.07, 6.45) is -3.14. The highest BCUT2D eigenvalue weighted by molar-refractivity contribution is 6.40. The lowest BCUT2D eigenvalue weighted by Gasteiger charge is -2.05. The minimum absolute atomic E-state index is 0.808. The molecule has 0 aromatic carbocycles. The van der Waals surface area contributed by atoms with Crippen molar-refractivity contribution in [1.29, 1.82) is 0 Å². The van der Waals surface area contributed by atoms with Gasteiger partial charge in [0.05, 0.1) is 6.61 Å². The summed E-state index contributed by atoms with van der Waals surface area (Å²) < 4.78 is 0. The fourth-order valence-corrected chi connectivity index (χ4v) is 0.453. The first-order valence-corrected chi connectivity index (χ1v) is 3.05. The molecule has 0 aromatic rings. The summed E-state index contributed by atoms with van der Waals surface area (Å²) in [5.41, 5.74) is 0. The molecular weight excluding hydrogens is 152 g/mol. The number of aliphatic hydroxyl groups excluding tert-OH is 3. The number of carbonyl (C=O) groups excluding carboxylic acids is 2. The third-order valence-corrected chi connectivity index (χ3v) is 1.10. The van der Waals surface area contributed by atoms with Gasteiger partial charge in [-0.25, -0.2) is 0 Å². The zero-order valence-corrected chi connectivity index (χ0v) is 6.02. The van der Waals surface area contributed by atoms with Crippen molar-refractivity contribution in [2.75, 3.05) is 6.61 Å². The Kier molecular flexibility index (Phi) is 3.88. The van der Waals surface area contributed by atoms with Gasteiger partial charge in [0.15, 0.2) is 0 Å². The SMILES string of the molecule is CC(O)C(=O)C(=O)C(O)CO. The van der Waals surface area contributed by atoms with Gasteiger partial charge in [-0.1, -0.05) is 0 Å². The monoisotopic (exact) mass is 162 g/mol. The largest absolute Gasteiger partial charge is 0.393 e. The van der Waals surface area contributed by atoms with Crippen LogP contribution in [0.5, 0.6) is 0 Å². The van der Waals surface area contributed by atoms with Gasteiger partial charge in [0.2, 0.25) is 11.6 Å². The maximum absolute atomic E-state index is 10.6. The van der Waals surface area contributed by atoms with Crippen LogP contribution in [-0.2, 0) is 9.59 Å². The Morgan fingerprint density at radius 1 is 1.27 bits per heavy atom. The van der Waals surface area contributed by atoms with E-state index in [4.69, 9.17) is 15.3 Å². The van der Waals surface area contributed by atoms with E-state index in [9.17, 15) is 9.59 Å². The number of rotatable bonds is 4. The highest BCUT2D eigenvalue weighted by atomic mass is 16.3. The van der Waals surface area contributed by atoms with Crippen molar-refractivity contribution in [3.63, 3.8) is 0 Å². The molecular formula is C6H10O5. The first kappa shape index (κ1) is 10.2. The summed E-state index contributed by atoms with van der Waals surface area (Å²) in [6.45, 7) is 0.307. The lowest BCUT2D eigenvalue weighted by molar-refractivity contribution is -0.146. The molecule has 2 atom stereocenters. The molecule has 0 bridgehead atoms. The topological polar surface area (TPSA) is 94.8 Å². The average molecular weight is 162 g/mol. The van der Waals surface area contributed by atoms with Gasteiger partial charge < -0.3 is 15.3 Å². The molecule has 0 aliphatic carbocycles. The Labute approximate surface area is 63.3 Å². The van der Waals surface area contributed by atoms with Crippen LogP contribution in [-0.4, -0.2) is 45.7 Å². The zero-order valence-electron chi connectivity index (χ0n) is 6.02. The van der Waals surface area contributed by atoms with E-state index in [1.165, 1.54) is 0 Å². The summed E-state index contributed by atoms with van der Waals surface area (Å²) in [5.74, 6) is -2.26. The smallest absolute Gasteiger partial charge is 0.231 e. The summed E-state index contributed by atoms with van der Waals surface area (Å²) in [4.78, 5) is 21.2. The van der Waals surface area contributed by atoms with Crippen LogP contribution < -0.4 is 0 Å². The van der Waals surface area contributed by atoms with Crippen molar-refractivity contribution in [1.82, 2.24) is 0 Å². The van der Waals surface area contributed by atoms with Crippen LogP contribution in [0.4, 0.5) is 0 Å². The number of Topliss-reactive ketones (excluding diaryl/α,β-unsaturated/α-hetero) is 2. The number of hydrogen-bond donors (Lipinski definition) is 3. The molecule has 3 N–H and O–H groups in total. The molecule has 0 rings (SSSR count). The normalized spacial score (nSPS) is 15.6. The maximum atomic E-state index is 10.6. The van der Waals surface area contributed by atoms with E-state index in [0.717, 1.165) is 6.92 Å². The van der Waals surface area contributed by atoms with Crippen LogP contribution in [0, 0.1) is 0 Å². The Bertz CT molecular complexity index is 162. The number of hydrogen-bond acceptors (Lipinski definition) is 5. The molecule has 11 heavy (non-hydrogen) atoms. The molecule has 0 amide bonds. The molecule has 0 saturated heterocycles. The molecule has 0 aromatic heterocycles. The molecule has 0 radical (unpaired) electrons. The molecule has 0 spiro atoms. The first-order valence-electron chi connectivity index (χ1n) is 3.05. The van der Waals surface area contributed by atoms with E-state index < -0.39 is 30.4 Å². The Balaban J connectivity index is 4.14.